The van der Waals surface area contributed by atoms with Crippen LogP contribution < -0.4 is 0 Å². The van der Waals surface area contributed by atoms with Crippen molar-refractivity contribution in [3.05, 3.63) is 0 Å². The average molecular weight is 308 g/mol. The summed E-state index contributed by atoms with van der Waals surface area (Å²) < 4.78 is 12.0. The Hall–Kier alpha value is -0.570. The second-order valence-electron chi connectivity index (χ2n) is 8.19. The smallest absolute Gasteiger partial charge is 0.310 e. The summed E-state index contributed by atoms with van der Waals surface area (Å²) in [7, 11) is 0. The van der Waals surface area contributed by atoms with Gasteiger partial charge in [-0.05, 0) is 55.8 Å². The molecule has 0 aliphatic heterocycles. The highest BCUT2D eigenvalue weighted by Gasteiger charge is 2.54. The number of esters is 1. The third-order valence-electron chi connectivity index (χ3n) is 6.47. The molecule has 3 rings (SSSR count). The molecule has 2 bridgehead atoms. The van der Waals surface area contributed by atoms with Crippen LogP contribution in [0.5, 0.6) is 0 Å². The van der Waals surface area contributed by atoms with Crippen molar-refractivity contribution < 1.29 is 14.3 Å². The van der Waals surface area contributed by atoms with Gasteiger partial charge >= 0.3 is 5.97 Å². The van der Waals surface area contributed by atoms with Crippen molar-refractivity contribution in [3.63, 3.8) is 0 Å². The van der Waals surface area contributed by atoms with E-state index >= 15 is 0 Å². The maximum absolute atomic E-state index is 12.1. The fraction of sp³-hybridized carbons (Fsp3) is 0.947. The number of hydrogen-bond donors (Lipinski definition) is 0. The minimum absolute atomic E-state index is 0.0379. The summed E-state index contributed by atoms with van der Waals surface area (Å²) in [5.41, 5.74) is 0. The highest BCUT2D eigenvalue weighted by atomic mass is 16.7. The zero-order chi connectivity index (χ0) is 15.9. The largest absolute Gasteiger partial charge is 0.435 e. The molecule has 0 spiro atoms. The summed E-state index contributed by atoms with van der Waals surface area (Å²) >= 11 is 0. The maximum Gasteiger partial charge on any atom is 0.310 e. The van der Waals surface area contributed by atoms with Crippen molar-refractivity contribution in [1.82, 2.24) is 0 Å². The molecular formula is C19H32O3. The fourth-order valence-corrected chi connectivity index (χ4v) is 5.05. The third-order valence-corrected chi connectivity index (χ3v) is 6.47. The Balaban J connectivity index is 1.59. The quantitative estimate of drug-likeness (QED) is 0.539. The summed E-state index contributed by atoms with van der Waals surface area (Å²) in [6, 6.07) is 0. The van der Waals surface area contributed by atoms with Gasteiger partial charge in [0.15, 0.2) is 0 Å². The van der Waals surface area contributed by atoms with Crippen molar-refractivity contribution in [2.24, 2.45) is 35.5 Å². The molecule has 7 atom stereocenters. The second kappa shape index (κ2) is 6.51. The van der Waals surface area contributed by atoms with Crippen LogP contribution in [0.15, 0.2) is 0 Å². The molecule has 0 aromatic rings. The SMILES string of the molecule is CCC(C)C(=O)OC(OC1CC2CC1C1CCCC21)C(C)C. The van der Waals surface area contributed by atoms with Gasteiger partial charge in [0.1, 0.15) is 0 Å². The van der Waals surface area contributed by atoms with E-state index in [1.807, 2.05) is 13.8 Å². The Bertz CT molecular complexity index is 405. The van der Waals surface area contributed by atoms with Crippen molar-refractivity contribution in [3.8, 4) is 0 Å². The molecule has 0 aromatic carbocycles. The topological polar surface area (TPSA) is 35.5 Å². The molecule has 3 fully saturated rings. The fourth-order valence-electron chi connectivity index (χ4n) is 5.05. The zero-order valence-corrected chi connectivity index (χ0v) is 14.6. The molecule has 7 unspecified atom stereocenters. The van der Waals surface area contributed by atoms with E-state index in [-0.39, 0.29) is 24.1 Å². The second-order valence-corrected chi connectivity index (χ2v) is 8.19. The van der Waals surface area contributed by atoms with Crippen molar-refractivity contribution >= 4 is 5.97 Å². The van der Waals surface area contributed by atoms with Crippen LogP contribution in [0.2, 0.25) is 0 Å². The van der Waals surface area contributed by atoms with Crippen LogP contribution in [-0.4, -0.2) is 18.4 Å². The van der Waals surface area contributed by atoms with E-state index in [4.69, 9.17) is 9.47 Å². The number of ether oxygens (including phenoxy) is 2. The number of fused-ring (bicyclic) bond motifs is 5. The Morgan fingerprint density at radius 3 is 2.50 bits per heavy atom. The highest BCUT2D eigenvalue weighted by Crippen LogP contribution is 2.59. The summed E-state index contributed by atoms with van der Waals surface area (Å²) in [4.78, 5) is 12.1. The van der Waals surface area contributed by atoms with Gasteiger partial charge in [-0.1, -0.05) is 34.1 Å². The van der Waals surface area contributed by atoms with Crippen LogP contribution in [0.1, 0.15) is 66.2 Å². The van der Waals surface area contributed by atoms with E-state index in [1.54, 1.807) is 0 Å². The molecule has 3 aliphatic carbocycles. The molecule has 22 heavy (non-hydrogen) atoms. The maximum atomic E-state index is 12.1. The van der Waals surface area contributed by atoms with E-state index in [0.717, 1.165) is 30.1 Å². The first kappa shape index (κ1) is 16.3. The van der Waals surface area contributed by atoms with Gasteiger partial charge in [-0.2, -0.15) is 0 Å². The standard InChI is InChI=1S/C19H32O3/c1-5-12(4)18(20)22-19(11(2)3)21-17-10-13-9-16(17)15-8-6-7-14(13)15/h11-17,19H,5-10H2,1-4H3. The first-order valence-electron chi connectivity index (χ1n) is 9.37. The average Bonchev–Trinajstić information content (AvgIpc) is 3.17. The van der Waals surface area contributed by atoms with E-state index in [1.165, 1.54) is 32.1 Å². The van der Waals surface area contributed by atoms with Crippen LogP contribution in [0.4, 0.5) is 0 Å². The van der Waals surface area contributed by atoms with E-state index < -0.39 is 0 Å². The molecule has 126 valence electrons. The van der Waals surface area contributed by atoms with E-state index in [9.17, 15) is 4.79 Å². The van der Waals surface area contributed by atoms with E-state index in [2.05, 4.69) is 13.8 Å². The minimum atomic E-state index is -0.370. The normalized spacial score (nSPS) is 39.0. The monoisotopic (exact) mass is 308 g/mol. The molecule has 0 aromatic heterocycles. The zero-order valence-electron chi connectivity index (χ0n) is 14.6. The van der Waals surface area contributed by atoms with Gasteiger partial charge in [-0.25, -0.2) is 0 Å². The molecule has 0 N–H and O–H groups in total. The van der Waals surface area contributed by atoms with Crippen molar-refractivity contribution in [1.29, 1.82) is 0 Å². The third kappa shape index (κ3) is 2.93. The van der Waals surface area contributed by atoms with Gasteiger partial charge in [0, 0.05) is 5.92 Å². The number of rotatable bonds is 6. The molecule has 0 saturated heterocycles. The van der Waals surface area contributed by atoms with Crippen LogP contribution in [-0.2, 0) is 14.3 Å². The molecule has 3 saturated carbocycles. The lowest BCUT2D eigenvalue weighted by Crippen LogP contribution is -2.38. The first-order valence-corrected chi connectivity index (χ1v) is 9.37. The molecular weight excluding hydrogens is 276 g/mol. The van der Waals surface area contributed by atoms with Gasteiger partial charge < -0.3 is 9.47 Å². The Labute approximate surface area is 135 Å². The van der Waals surface area contributed by atoms with Gasteiger partial charge in [0.05, 0.1) is 12.0 Å². The number of hydrogen-bond acceptors (Lipinski definition) is 3. The van der Waals surface area contributed by atoms with Crippen LogP contribution in [0.3, 0.4) is 0 Å². The summed E-state index contributed by atoms with van der Waals surface area (Å²) in [6.45, 7) is 8.12. The van der Waals surface area contributed by atoms with Gasteiger partial charge in [0.2, 0.25) is 6.29 Å². The van der Waals surface area contributed by atoms with Crippen molar-refractivity contribution in [2.45, 2.75) is 78.6 Å². The Morgan fingerprint density at radius 2 is 1.82 bits per heavy atom. The molecule has 3 heteroatoms. The summed E-state index contributed by atoms with van der Waals surface area (Å²) in [5, 5.41) is 0. The number of carbonyl (C=O) groups is 1. The first-order chi connectivity index (χ1) is 10.5. The Morgan fingerprint density at radius 1 is 1.09 bits per heavy atom. The van der Waals surface area contributed by atoms with Crippen LogP contribution in [0.25, 0.3) is 0 Å². The predicted molar refractivity (Wildman–Crippen MR) is 86.1 cm³/mol. The minimum Gasteiger partial charge on any atom is -0.435 e. The molecule has 3 nitrogen and oxygen atoms in total. The van der Waals surface area contributed by atoms with Crippen LogP contribution in [0, 0.1) is 35.5 Å². The summed E-state index contributed by atoms with van der Waals surface area (Å²) in [6.07, 6.45) is 7.56. The molecule has 0 amide bonds. The lowest BCUT2D eigenvalue weighted by atomic mass is 9.80. The van der Waals surface area contributed by atoms with Gasteiger partial charge in [0.25, 0.3) is 0 Å². The van der Waals surface area contributed by atoms with E-state index in [0.29, 0.717) is 6.10 Å². The summed E-state index contributed by atoms with van der Waals surface area (Å²) in [5.74, 6) is 3.53. The molecule has 0 radical (unpaired) electrons. The lowest BCUT2D eigenvalue weighted by Gasteiger charge is -2.35. The van der Waals surface area contributed by atoms with Crippen LogP contribution >= 0.6 is 0 Å². The lowest BCUT2D eigenvalue weighted by molar-refractivity contribution is -0.213. The molecule has 3 aliphatic rings. The number of carbonyl (C=O) groups excluding carboxylic acids is 1. The Kier molecular flexibility index (Phi) is 4.82. The van der Waals surface area contributed by atoms with Crippen molar-refractivity contribution in [2.75, 3.05) is 0 Å². The predicted octanol–water partition coefficient (Wildman–Crippen LogP) is 4.40. The van der Waals surface area contributed by atoms with Gasteiger partial charge in [-0.3, -0.25) is 4.79 Å². The van der Waals surface area contributed by atoms with Gasteiger partial charge in [-0.15, -0.1) is 0 Å². The highest BCUT2D eigenvalue weighted by molar-refractivity contribution is 5.72. The molecule has 0 heterocycles.